The Labute approximate surface area is 348 Å². The minimum absolute atomic E-state index is 0.0825. The van der Waals surface area contributed by atoms with Gasteiger partial charge in [0, 0.05) is 47.8 Å². The van der Waals surface area contributed by atoms with Crippen LogP contribution in [-0.4, -0.2) is 37.1 Å². The summed E-state index contributed by atoms with van der Waals surface area (Å²) in [6.07, 6.45) is 14.1. The maximum absolute atomic E-state index is 6.30. The van der Waals surface area contributed by atoms with Gasteiger partial charge in [-0.1, -0.05) is 77.9 Å². The molecule has 4 aromatic heterocycles. The smallest absolute Gasteiger partial charge is 0.199 e. The van der Waals surface area contributed by atoms with Crippen molar-refractivity contribution >= 4 is 0 Å². The van der Waals surface area contributed by atoms with Gasteiger partial charge in [-0.15, -0.1) is 4.68 Å². The Morgan fingerprint density at radius 2 is 1.03 bits per heavy atom. The van der Waals surface area contributed by atoms with E-state index >= 15 is 0 Å². The molecule has 0 unspecified atom stereocenters. The molecule has 0 spiro atoms. The predicted molar refractivity (Wildman–Crippen MR) is 240 cm³/mol. The predicted octanol–water partition coefficient (Wildman–Crippen LogP) is 11.6. The first-order chi connectivity index (χ1) is 28.0. The SMILES string of the molecule is CCc1c[n+](CC)[nH]c1-c1cnc(-c2c(CC)cccc2CC)cc1OC(C)C.CCc1cccc(CC)c1-c1cc(OC(C)C)c(-c2c(CC)cnn2CC)cn1. The van der Waals surface area contributed by atoms with Crippen LogP contribution in [-0.2, 0) is 51.6 Å². The second-order valence-corrected chi connectivity index (χ2v) is 15.2. The summed E-state index contributed by atoms with van der Waals surface area (Å²) in [6.45, 7) is 27.4. The first kappa shape index (κ1) is 43.9. The van der Waals surface area contributed by atoms with Crippen LogP contribution >= 0.6 is 0 Å². The average Bonchev–Trinajstić information content (AvgIpc) is 3.86. The molecule has 0 amide bonds. The number of nitrogens with one attached hydrogen (secondary N) is 1. The van der Waals surface area contributed by atoms with Gasteiger partial charge >= 0.3 is 0 Å². The lowest BCUT2D eigenvalue weighted by molar-refractivity contribution is -0.746. The molecule has 308 valence electrons. The van der Waals surface area contributed by atoms with E-state index in [1.54, 1.807) is 0 Å². The average molecular weight is 784 g/mol. The molecule has 0 aliphatic heterocycles. The molecule has 0 saturated heterocycles. The van der Waals surface area contributed by atoms with Crippen molar-refractivity contribution in [1.82, 2.24) is 24.8 Å². The maximum Gasteiger partial charge on any atom is 0.199 e. The van der Waals surface area contributed by atoms with Crippen LogP contribution in [0.1, 0.15) is 116 Å². The summed E-state index contributed by atoms with van der Waals surface area (Å²) in [5.41, 5.74) is 16.6. The molecule has 58 heavy (non-hydrogen) atoms. The van der Waals surface area contributed by atoms with E-state index in [0.29, 0.717) is 0 Å². The van der Waals surface area contributed by atoms with Crippen molar-refractivity contribution in [2.45, 2.75) is 147 Å². The molecule has 0 aliphatic carbocycles. The first-order valence-corrected chi connectivity index (χ1v) is 21.8. The van der Waals surface area contributed by atoms with Gasteiger partial charge in [0.05, 0.1) is 46.6 Å². The lowest BCUT2D eigenvalue weighted by Gasteiger charge is -2.19. The lowest BCUT2D eigenvalue weighted by Crippen LogP contribution is -2.33. The summed E-state index contributed by atoms with van der Waals surface area (Å²) >= 11 is 0. The largest absolute Gasteiger partial charge is 0.490 e. The highest BCUT2D eigenvalue weighted by Gasteiger charge is 2.22. The molecular weight excluding hydrogens is 717 g/mol. The second kappa shape index (κ2) is 20.4. The molecule has 0 fully saturated rings. The highest BCUT2D eigenvalue weighted by atomic mass is 16.5. The summed E-state index contributed by atoms with van der Waals surface area (Å²) in [7, 11) is 0. The number of H-pyrrole nitrogens is 1. The number of ether oxygens (including phenoxy) is 2. The zero-order valence-corrected chi connectivity index (χ0v) is 37.3. The summed E-state index contributed by atoms with van der Waals surface area (Å²) in [4.78, 5) is 9.83. The molecule has 0 radical (unpaired) electrons. The van der Waals surface area contributed by atoms with E-state index in [4.69, 9.17) is 19.4 Å². The molecule has 6 aromatic rings. The van der Waals surface area contributed by atoms with E-state index in [9.17, 15) is 0 Å². The number of aromatic amines is 1. The third-order valence-electron chi connectivity index (χ3n) is 10.7. The molecule has 0 aliphatic rings. The van der Waals surface area contributed by atoms with Gasteiger partial charge in [0.15, 0.2) is 12.7 Å². The molecule has 6 rings (SSSR count). The van der Waals surface area contributed by atoms with E-state index in [-0.39, 0.29) is 12.2 Å². The van der Waals surface area contributed by atoms with E-state index in [1.165, 1.54) is 44.5 Å². The van der Waals surface area contributed by atoms with Crippen molar-refractivity contribution in [1.29, 1.82) is 0 Å². The molecule has 0 saturated carbocycles. The minimum atomic E-state index is 0.0825. The van der Waals surface area contributed by atoms with Crippen LogP contribution < -0.4 is 14.2 Å². The first-order valence-electron chi connectivity index (χ1n) is 21.8. The summed E-state index contributed by atoms with van der Waals surface area (Å²) in [5, 5.41) is 8.08. The normalized spacial score (nSPS) is 11.3. The fourth-order valence-electron chi connectivity index (χ4n) is 7.77. The Morgan fingerprint density at radius 1 is 0.586 bits per heavy atom. The maximum atomic E-state index is 6.30. The monoisotopic (exact) mass is 784 g/mol. The molecule has 2 aromatic carbocycles. The third-order valence-corrected chi connectivity index (χ3v) is 10.7. The Hall–Kier alpha value is -5.24. The fourth-order valence-corrected chi connectivity index (χ4v) is 7.77. The standard InChI is InChI=1S/2C25H33N3O/c1-7-18-12-11-13-19(8-2)24(18)22-14-23(29-17(5)6)21(15-26-22)25-20(9-3)16-28(10-4)27-25;1-7-18-12-11-13-19(8-2)24(18)22-14-23(29-17(5)6)21(16-26-22)25-20(9-3)15-27-28(25)10-4/h2*11-17H,7-10H2,1-6H3/p+1. The van der Waals surface area contributed by atoms with Gasteiger partial charge in [-0.25, -0.2) is 0 Å². The fraction of sp³-hybridized carbons (Fsp3) is 0.440. The van der Waals surface area contributed by atoms with E-state index < -0.39 is 0 Å². The van der Waals surface area contributed by atoms with Crippen LogP contribution in [0.4, 0.5) is 0 Å². The number of benzene rings is 2. The summed E-state index contributed by atoms with van der Waals surface area (Å²) in [5.74, 6) is 1.76. The molecular formula is C50H67N6O2+. The van der Waals surface area contributed by atoms with Gasteiger partial charge < -0.3 is 9.47 Å². The summed E-state index contributed by atoms with van der Waals surface area (Å²) < 4.78 is 16.7. The van der Waals surface area contributed by atoms with Crippen molar-refractivity contribution in [2.24, 2.45) is 0 Å². The van der Waals surface area contributed by atoms with Gasteiger partial charge in [-0.2, -0.15) is 10.2 Å². The van der Waals surface area contributed by atoms with Crippen LogP contribution in [0.25, 0.3) is 45.0 Å². The quantitative estimate of drug-likeness (QED) is 0.0989. The Bertz CT molecular complexity index is 2190. The molecule has 8 nitrogen and oxygen atoms in total. The lowest BCUT2D eigenvalue weighted by atomic mass is 9.94. The Morgan fingerprint density at radius 3 is 1.45 bits per heavy atom. The van der Waals surface area contributed by atoms with Crippen LogP contribution in [0, 0.1) is 0 Å². The zero-order valence-electron chi connectivity index (χ0n) is 37.3. The van der Waals surface area contributed by atoms with Gasteiger partial charge in [-0.3, -0.25) is 14.6 Å². The van der Waals surface area contributed by atoms with Gasteiger partial charge in [-0.05, 0) is 108 Å². The van der Waals surface area contributed by atoms with Crippen LogP contribution in [0.5, 0.6) is 11.5 Å². The van der Waals surface area contributed by atoms with Crippen LogP contribution in [0.2, 0.25) is 0 Å². The van der Waals surface area contributed by atoms with E-state index in [2.05, 4.69) is 153 Å². The number of hydrogen-bond acceptors (Lipinski definition) is 5. The Kier molecular flexibility index (Phi) is 15.5. The van der Waals surface area contributed by atoms with Crippen molar-refractivity contribution in [3.05, 3.63) is 107 Å². The number of aryl methyl sites for hydroxylation is 8. The number of pyridine rings is 2. The molecule has 0 atom stereocenters. The van der Waals surface area contributed by atoms with Crippen molar-refractivity contribution in [3.63, 3.8) is 0 Å². The Balaban J connectivity index is 0.000000221. The second-order valence-electron chi connectivity index (χ2n) is 15.2. The number of rotatable bonds is 16. The van der Waals surface area contributed by atoms with E-state index in [1.807, 2.05) is 23.3 Å². The van der Waals surface area contributed by atoms with Crippen molar-refractivity contribution < 1.29 is 14.2 Å². The third kappa shape index (κ3) is 9.71. The van der Waals surface area contributed by atoms with Crippen LogP contribution in [0.3, 0.4) is 0 Å². The summed E-state index contributed by atoms with van der Waals surface area (Å²) in [6, 6.07) is 17.4. The van der Waals surface area contributed by atoms with Gasteiger partial charge in [0.25, 0.3) is 0 Å². The highest BCUT2D eigenvalue weighted by molar-refractivity contribution is 5.77. The molecule has 8 heteroatoms. The van der Waals surface area contributed by atoms with Crippen molar-refractivity contribution in [2.75, 3.05) is 0 Å². The number of hydrogen-bond donors (Lipinski definition) is 1. The van der Waals surface area contributed by atoms with Crippen molar-refractivity contribution in [3.8, 4) is 56.5 Å². The highest BCUT2D eigenvalue weighted by Crippen LogP contribution is 2.39. The van der Waals surface area contributed by atoms with Crippen LogP contribution in [0.15, 0.2) is 73.3 Å². The van der Waals surface area contributed by atoms with E-state index in [0.717, 1.165) is 97.0 Å². The molecule has 1 N–H and O–H groups in total. The molecule has 4 heterocycles. The van der Waals surface area contributed by atoms with Gasteiger partial charge in [0.2, 0.25) is 0 Å². The number of aromatic nitrogens is 6. The molecule has 0 bridgehead atoms. The number of nitrogens with zero attached hydrogens (tertiary/aromatic N) is 5. The minimum Gasteiger partial charge on any atom is -0.490 e. The topological polar surface area (TPSA) is 81.7 Å². The van der Waals surface area contributed by atoms with Gasteiger partial charge in [0.1, 0.15) is 17.2 Å². The zero-order chi connectivity index (χ0) is 41.9.